The SMILES string of the molecule is CCCOC[PH](=O)C(Cl)C(=O)OC(C)C. The maximum absolute atomic E-state index is 11.5. The van der Waals surface area contributed by atoms with Crippen LogP contribution in [0.4, 0.5) is 0 Å². The van der Waals surface area contributed by atoms with Crippen molar-refractivity contribution in [3.8, 4) is 0 Å². The van der Waals surface area contributed by atoms with Gasteiger partial charge in [0.15, 0.2) is 5.12 Å². The summed E-state index contributed by atoms with van der Waals surface area (Å²) in [6.45, 7) is 5.90. The first-order valence-electron chi connectivity index (χ1n) is 4.94. The Morgan fingerprint density at radius 1 is 1.47 bits per heavy atom. The molecule has 0 saturated carbocycles. The summed E-state index contributed by atoms with van der Waals surface area (Å²) in [7, 11) is -2.27. The number of hydrogen-bond acceptors (Lipinski definition) is 4. The van der Waals surface area contributed by atoms with Crippen molar-refractivity contribution in [3.63, 3.8) is 0 Å². The van der Waals surface area contributed by atoms with Crippen molar-refractivity contribution >= 4 is 25.4 Å². The Kier molecular flexibility index (Phi) is 8.12. The van der Waals surface area contributed by atoms with Gasteiger partial charge in [0.2, 0.25) is 0 Å². The predicted octanol–water partition coefficient (Wildman–Crippen LogP) is 2.45. The van der Waals surface area contributed by atoms with Crippen LogP contribution in [0.25, 0.3) is 0 Å². The van der Waals surface area contributed by atoms with Gasteiger partial charge in [0.1, 0.15) is 7.80 Å². The molecule has 6 heteroatoms. The van der Waals surface area contributed by atoms with Crippen LogP contribution in [0.15, 0.2) is 0 Å². The van der Waals surface area contributed by atoms with Gasteiger partial charge in [-0.1, -0.05) is 6.92 Å². The third-order valence-electron chi connectivity index (χ3n) is 1.43. The van der Waals surface area contributed by atoms with Crippen LogP contribution in [-0.2, 0) is 18.8 Å². The molecule has 2 atom stereocenters. The molecule has 0 bridgehead atoms. The van der Waals surface area contributed by atoms with Gasteiger partial charge in [-0.3, -0.25) is 0 Å². The van der Waals surface area contributed by atoms with Crippen LogP contribution in [0.5, 0.6) is 0 Å². The van der Waals surface area contributed by atoms with Gasteiger partial charge in [0.25, 0.3) is 0 Å². The minimum Gasteiger partial charge on any atom is -0.462 e. The zero-order valence-electron chi connectivity index (χ0n) is 9.29. The largest absolute Gasteiger partial charge is 0.462 e. The van der Waals surface area contributed by atoms with Crippen molar-refractivity contribution in [2.75, 3.05) is 13.0 Å². The minimum absolute atomic E-state index is 0.0415. The predicted molar refractivity (Wildman–Crippen MR) is 61.0 cm³/mol. The Morgan fingerprint density at radius 2 is 2.07 bits per heavy atom. The number of rotatable bonds is 7. The molecule has 0 saturated heterocycles. The molecule has 0 aromatic carbocycles. The van der Waals surface area contributed by atoms with Crippen molar-refractivity contribution in [3.05, 3.63) is 0 Å². The molecule has 0 fully saturated rings. The lowest BCUT2D eigenvalue weighted by atomic mass is 10.5. The fourth-order valence-electron chi connectivity index (χ4n) is 0.814. The van der Waals surface area contributed by atoms with Crippen LogP contribution in [0.3, 0.4) is 0 Å². The number of carbonyl (C=O) groups excluding carboxylic acids is 1. The molecule has 0 spiro atoms. The Balaban J connectivity index is 3.91. The van der Waals surface area contributed by atoms with Crippen LogP contribution < -0.4 is 0 Å². The molecular weight excluding hydrogens is 239 g/mol. The van der Waals surface area contributed by atoms with Crippen molar-refractivity contribution in [2.45, 2.75) is 38.4 Å². The molecule has 0 rings (SSSR count). The van der Waals surface area contributed by atoms with E-state index in [0.717, 1.165) is 6.42 Å². The second-order valence-electron chi connectivity index (χ2n) is 3.37. The van der Waals surface area contributed by atoms with Crippen molar-refractivity contribution in [2.24, 2.45) is 0 Å². The highest BCUT2D eigenvalue weighted by molar-refractivity contribution is 7.48. The summed E-state index contributed by atoms with van der Waals surface area (Å²) in [5.41, 5.74) is 0. The van der Waals surface area contributed by atoms with Gasteiger partial charge < -0.3 is 14.0 Å². The van der Waals surface area contributed by atoms with E-state index in [-0.39, 0.29) is 12.5 Å². The Hall–Kier alpha value is -0.0500. The minimum atomic E-state index is -2.27. The second-order valence-corrected chi connectivity index (χ2v) is 5.97. The molecular formula is C9H18ClO4P. The molecule has 90 valence electrons. The van der Waals surface area contributed by atoms with E-state index < -0.39 is 18.9 Å². The molecule has 4 nitrogen and oxygen atoms in total. The average Bonchev–Trinajstić information content (AvgIpc) is 2.15. The smallest absolute Gasteiger partial charge is 0.331 e. The summed E-state index contributed by atoms with van der Waals surface area (Å²) in [6.07, 6.45) is 0.642. The fraction of sp³-hybridized carbons (Fsp3) is 0.889. The van der Waals surface area contributed by atoms with E-state index in [1.54, 1.807) is 13.8 Å². The summed E-state index contributed by atoms with van der Waals surface area (Å²) in [6, 6.07) is 0. The molecule has 2 unspecified atom stereocenters. The zero-order chi connectivity index (χ0) is 11.8. The molecule has 0 amide bonds. The van der Waals surface area contributed by atoms with Crippen LogP contribution >= 0.6 is 19.4 Å². The molecule has 0 aromatic rings. The summed E-state index contributed by atoms with van der Waals surface area (Å²) in [4.78, 5) is 11.2. The van der Waals surface area contributed by atoms with E-state index in [0.29, 0.717) is 6.61 Å². The molecule has 0 aliphatic heterocycles. The molecule has 0 aliphatic rings. The van der Waals surface area contributed by atoms with Gasteiger partial charge >= 0.3 is 5.97 Å². The van der Waals surface area contributed by atoms with Crippen LogP contribution in [0, 0.1) is 0 Å². The molecule has 0 aromatic heterocycles. The lowest BCUT2D eigenvalue weighted by Gasteiger charge is -2.12. The first-order chi connectivity index (χ1) is 6.99. The van der Waals surface area contributed by atoms with E-state index in [4.69, 9.17) is 21.1 Å². The lowest BCUT2D eigenvalue weighted by molar-refractivity contribution is -0.145. The number of carbonyl (C=O) groups is 1. The third kappa shape index (κ3) is 6.93. The maximum Gasteiger partial charge on any atom is 0.331 e. The average molecular weight is 257 g/mol. The van der Waals surface area contributed by atoms with E-state index >= 15 is 0 Å². The molecule has 0 heterocycles. The standard InChI is InChI=1S/C9H18ClO4P/c1-4-5-13-6-15(12)8(10)9(11)14-7(2)3/h7-8,15H,4-6H2,1-3H3. The monoisotopic (exact) mass is 256 g/mol. The van der Waals surface area contributed by atoms with Crippen molar-refractivity contribution in [1.82, 2.24) is 0 Å². The maximum atomic E-state index is 11.5. The van der Waals surface area contributed by atoms with Gasteiger partial charge in [-0.15, -0.1) is 11.6 Å². The molecule has 0 N–H and O–H groups in total. The highest BCUT2D eigenvalue weighted by Crippen LogP contribution is 2.32. The molecule has 15 heavy (non-hydrogen) atoms. The summed E-state index contributed by atoms with van der Waals surface area (Å²) in [5.74, 6) is -0.629. The molecule has 0 aliphatic carbocycles. The normalized spacial score (nSPS) is 15.0. The molecule has 0 radical (unpaired) electrons. The van der Waals surface area contributed by atoms with Gasteiger partial charge in [0, 0.05) is 6.61 Å². The van der Waals surface area contributed by atoms with Gasteiger partial charge in [-0.25, -0.2) is 4.79 Å². The number of ether oxygens (including phenoxy) is 2. The number of esters is 1. The summed E-state index contributed by atoms with van der Waals surface area (Å²) in [5, 5.41) is -1.07. The van der Waals surface area contributed by atoms with Crippen LogP contribution in [0.2, 0.25) is 0 Å². The van der Waals surface area contributed by atoms with Gasteiger partial charge in [0.05, 0.1) is 12.5 Å². The Morgan fingerprint density at radius 3 is 2.53 bits per heavy atom. The topological polar surface area (TPSA) is 52.6 Å². The fourth-order valence-corrected chi connectivity index (χ4v) is 1.88. The van der Waals surface area contributed by atoms with E-state index in [1.807, 2.05) is 6.92 Å². The lowest BCUT2D eigenvalue weighted by Crippen LogP contribution is -2.19. The highest BCUT2D eigenvalue weighted by atomic mass is 35.5. The Labute approximate surface area is 96.1 Å². The van der Waals surface area contributed by atoms with Crippen molar-refractivity contribution in [1.29, 1.82) is 0 Å². The quantitative estimate of drug-likeness (QED) is 0.304. The van der Waals surface area contributed by atoms with Gasteiger partial charge in [-0.2, -0.15) is 0 Å². The van der Waals surface area contributed by atoms with Crippen LogP contribution in [-0.4, -0.2) is 30.1 Å². The van der Waals surface area contributed by atoms with Gasteiger partial charge in [-0.05, 0) is 20.3 Å². The zero-order valence-corrected chi connectivity index (χ0v) is 11.0. The highest BCUT2D eigenvalue weighted by Gasteiger charge is 2.24. The first kappa shape index (κ1) is 14.9. The van der Waals surface area contributed by atoms with Crippen molar-refractivity contribution < 1.29 is 18.8 Å². The van der Waals surface area contributed by atoms with E-state index in [2.05, 4.69) is 0 Å². The first-order valence-corrected chi connectivity index (χ1v) is 7.07. The number of alkyl halides is 1. The number of halogens is 1. The second kappa shape index (κ2) is 8.14. The van der Waals surface area contributed by atoms with E-state index in [9.17, 15) is 9.36 Å². The summed E-state index contributed by atoms with van der Waals surface area (Å²) < 4.78 is 21.4. The third-order valence-corrected chi connectivity index (χ3v) is 3.63. The number of hydrogen-bond donors (Lipinski definition) is 0. The Bertz CT molecular complexity index is 220. The van der Waals surface area contributed by atoms with Crippen LogP contribution in [0.1, 0.15) is 27.2 Å². The summed E-state index contributed by atoms with van der Waals surface area (Å²) >= 11 is 5.68. The van der Waals surface area contributed by atoms with E-state index in [1.165, 1.54) is 0 Å².